The molecule has 0 saturated carbocycles. The van der Waals surface area contributed by atoms with Crippen LogP contribution in [0.3, 0.4) is 0 Å². The van der Waals surface area contributed by atoms with E-state index in [1.165, 1.54) is 12.3 Å². The van der Waals surface area contributed by atoms with Crippen molar-refractivity contribution in [3.05, 3.63) is 29.6 Å². The van der Waals surface area contributed by atoms with E-state index >= 15 is 0 Å². The molecule has 0 spiro atoms. The Morgan fingerprint density at radius 2 is 2.13 bits per heavy atom. The lowest BCUT2D eigenvalue weighted by atomic mass is 10.1. The molecule has 0 aliphatic carbocycles. The molecule has 4 N–H and O–H groups in total. The Balaban J connectivity index is 2.94. The molecule has 1 rings (SSSR count). The molecule has 0 saturated heterocycles. The van der Waals surface area contributed by atoms with Crippen molar-refractivity contribution in [2.24, 2.45) is 0 Å². The monoisotopic (exact) mass is 213 g/mol. The Hall–Kier alpha value is -1.50. The van der Waals surface area contributed by atoms with E-state index < -0.39 is 24.8 Å². The third-order valence-electron chi connectivity index (χ3n) is 1.88. The molecule has 0 aromatic carbocycles. The predicted octanol–water partition coefficient (Wildman–Crippen LogP) is -0.834. The second-order valence-corrected chi connectivity index (χ2v) is 2.97. The third-order valence-corrected chi connectivity index (χ3v) is 1.88. The topological polar surface area (TPSA) is 111 Å². The first-order valence-corrected chi connectivity index (χ1v) is 4.22. The van der Waals surface area contributed by atoms with E-state index in [4.69, 9.17) is 15.3 Å². The molecule has 2 atom stereocenters. The van der Waals surface area contributed by atoms with E-state index in [1.54, 1.807) is 0 Å². The number of carboxylic acid groups (broad SMARTS) is 1. The van der Waals surface area contributed by atoms with E-state index in [-0.39, 0.29) is 11.3 Å². The number of hydrogen-bond acceptors (Lipinski definition) is 5. The number of carboxylic acids is 1. The van der Waals surface area contributed by atoms with Crippen molar-refractivity contribution < 1.29 is 25.2 Å². The summed E-state index contributed by atoms with van der Waals surface area (Å²) in [4.78, 5) is 14.3. The Morgan fingerprint density at radius 1 is 1.47 bits per heavy atom. The van der Waals surface area contributed by atoms with Crippen molar-refractivity contribution >= 4 is 5.97 Å². The van der Waals surface area contributed by atoms with Crippen molar-refractivity contribution in [1.82, 2.24) is 4.98 Å². The number of aromatic carboxylic acids is 1. The van der Waals surface area contributed by atoms with Crippen molar-refractivity contribution in [3.63, 3.8) is 0 Å². The molecule has 0 aliphatic rings. The number of aliphatic hydroxyl groups is 3. The molecule has 82 valence electrons. The molecule has 0 fully saturated rings. The van der Waals surface area contributed by atoms with Crippen LogP contribution in [0.15, 0.2) is 18.3 Å². The number of carbonyl (C=O) groups is 1. The highest BCUT2D eigenvalue weighted by atomic mass is 16.4. The summed E-state index contributed by atoms with van der Waals surface area (Å²) in [7, 11) is 0. The van der Waals surface area contributed by atoms with Gasteiger partial charge in [0.1, 0.15) is 12.2 Å². The van der Waals surface area contributed by atoms with E-state index in [2.05, 4.69) is 4.98 Å². The minimum atomic E-state index is -1.39. The van der Waals surface area contributed by atoms with Crippen LogP contribution in [0.4, 0.5) is 0 Å². The summed E-state index contributed by atoms with van der Waals surface area (Å²) >= 11 is 0. The van der Waals surface area contributed by atoms with E-state index in [0.717, 1.165) is 6.07 Å². The molecule has 1 aromatic heterocycles. The summed E-state index contributed by atoms with van der Waals surface area (Å²) in [5, 5.41) is 35.8. The summed E-state index contributed by atoms with van der Waals surface area (Å²) in [6, 6.07) is 2.41. The SMILES string of the molecule is O=C(O)c1ccnc(C(O)C(O)CO)c1. The number of nitrogens with zero attached hydrogens (tertiary/aromatic N) is 1. The maximum Gasteiger partial charge on any atom is 0.335 e. The molecule has 0 amide bonds. The van der Waals surface area contributed by atoms with Crippen LogP contribution in [-0.4, -0.2) is 44.1 Å². The lowest BCUT2D eigenvalue weighted by Gasteiger charge is -2.14. The maximum atomic E-state index is 10.6. The molecule has 1 aromatic rings. The molecular weight excluding hydrogens is 202 g/mol. The van der Waals surface area contributed by atoms with Crippen LogP contribution in [0, 0.1) is 0 Å². The number of pyridine rings is 1. The van der Waals surface area contributed by atoms with Gasteiger partial charge < -0.3 is 20.4 Å². The minimum absolute atomic E-state index is 0.0106. The van der Waals surface area contributed by atoms with Gasteiger partial charge in [0.15, 0.2) is 0 Å². The van der Waals surface area contributed by atoms with E-state index in [9.17, 15) is 9.90 Å². The fraction of sp³-hybridized carbons (Fsp3) is 0.333. The first-order valence-electron chi connectivity index (χ1n) is 4.22. The third kappa shape index (κ3) is 2.72. The van der Waals surface area contributed by atoms with Gasteiger partial charge in [0, 0.05) is 6.20 Å². The lowest BCUT2D eigenvalue weighted by molar-refractivity contribution is -0.0173. The molecule has 0 radical (unpaired) electrons. The smallest absolute Gasteiger partial charge is 0.335 e. The van der Waals surface area contributed by atoms with Gasteiger partial charge in [0.25, 0.3) is 0 Å². The van der Waals surface area contributed by atoms with Crippen LogP contribution in [0.5, 0.6) is 0 Å². The highest BCUT2D eigenvalue weighted by Crippen LogP contribution is 2.15. The van der Waals surface area contributed by atoms with Gasteiger partial charge in [-0.05, 0) is 12.1 Å². The summed E-state index contributed by atoms with van der Waals surface area (Å²) in [6.07, 6.45) is -1.55. The molecule has 1 heterocycles. The fourth-order valence-corrected chi connectivity index (χ4v) is 1.04. The highest BCUT2D eigenvalue weighted by molar-refractivity contribution is 5.87. The second-order valence-electron chi connectivity index (χ2n) is 2.97. The summed E-state index contributed by atoms with van der Waals surface area (Å²) in [5.74, 6) is -1.15. The van der Waals surface area contributed by atoms with Crippen LogP contribution >= 0.6 is 0 Å². The van der Waals surface area contributed by atoms with Crippen molar-refractivity contribution in [1.29, 1.82) is 0 Å². The van der Waals surface area contributed by atoms with Crippen LogP contribution in [0.1, 0.15) is 22.2 Å². The molecule has 6 nitrogen and oxygen atoms in total. The number of rotatable bonds is 4. The zero-order chi connectivity index (χ0) is 11.4. The zero-order valence-electron chi connectivity index (χ0n) is 7.74. The minimum Gasteiger partial charge on any atom is -0.478 e. The van der Waals surface area contributed by atoms with Gasteiger partial charge in [0.05, 0.1) is 17.9 Å². The first-order chi connectivity index (χ1) is 7.06. The zero-order valence-corrected chi connectivity index (χ0v) is 7.74. The molecule has 2 unspecified atom stereocenters. The average molecular weight is 213 g/mol. The molecule has 15 heavy (non-hydrogen) atoms. The number of hydrogen-bond donors (Lipinski definition) is 4. The van der Waals surface area contributed by atoms with Crippen LogP contribution in [0.2, 0.25) is 0 Å². The van der Waals surface area contributed by atoms with Crippen molar-refractivity contribution in [2.45, 2.75) is 12.2 Å². The van der Waals surface area contributed by atoms with Gasteiger partial charge in [-0.2, -0.15) is 0 Å². The van der Waals surface area contributed by atoms with Crippen LogP contribution < -0.4 is 0 Å². The lowest BCUT2D eigenvalue weighted by Crippen LogP contribution is -2.23. The maximum absolute atomic E-state index is 10.6. The number of aromatic nitrogens is 1. The highest BCUT2D eigenvalue weighted by Gasteiger charge is 2.19. The van der Waals surface area contributed by atoms with Gasteiger partial charge in [-0.1, -0.05) is 0 Å². The predicted molar refractivity (Wildman–Crippen MR) is 49.2 cm³/mol. The Bertz CT molecular complexity index is 354. The fourth-order valence-electron chi connectivity index (χ4n) is 1.04. The first kappa shape index (κ1) is 11.6. The van der Waals surface area contributed by atoms with Crippen LogP contribution in [0.25, 0.3) is 0 Å². The second kappa shape index (κ2) is 4.83. The summed E-state index contributed by atoms with van der Waals surface area (Å²) in [6.45, 7) is -0.625. The van der Waals surface area contributed by atoms with Crippen molar-refractivity contribution in [3.8, 4) is 0 Å². The molecule has 0 aliphatic heterocycles. The molecule has 6 heteroatoms. The summed E-state index contributed by atoms with van der Waals surface area (Å²) in [5.41, 5.74) is -0.0272. The largest absolute Gasteiger partial charge is 0.478 e. The Morgan fingerprint density at radius 3 is 2.67 bits per heavy atom. The van der Waals surface area contributed by atoms with Crippen molar-refractivity contribution in [2.75, 3.05) is 6.61 Å². The summed E-state index contributed by atoms with van der Waals surface area (Å²) < 4.78 is 0. The van der Waals surface area contributed by atoms with Gasteiger partial charge >= 0.3 is 5.97 Å². The quantitative estimate of drug-likeness (QED) is 0.519. The normalized spacial score (nSPS) is 14.6. The van der Waals surface area contributed by atoms with Gasteiger partial charge in [-0.3, -0.25) is 4.98 Å². The van der Waals surface area contributed by atoms with Gasteiger partial charge in [-0.15, -0.1) is 0 Å². The van der Waals surface area contributed by atoms with Gasteiger partial charge in [0.2, 0.25) is 0 Å². The molecular formula is C9H11NO5. The standard InChI is InChI=1S/C9H11NO5/c11-4-7(12)8(13)6-3-5(9(14)15)1-2-10-6/h1-3,7-8,11-13H,4H2,(H,14,15). The number of aliphatic hydroxyl groups excluding tert-OH is 3. The average Bonchev–Trinajstić information content (AvgIpc) is 2.27. The Kier molecular flexibility index (Phi) is 3.73. The van der Waals surface area contributed by atoms with Gasteiger partial charge in [-0.25, -0.2) is 4.79 Å². The van der Waals surface area contributed by atoms with E-state index in [1.807, 2.05) is 0 Å². The van der Waals surface area contributed by atoms with Crippen LogP contribution in [-0.2, 0) is 0 Å². The molecule has 0 bridgehead atoms. The van der Waals surface area contributed by atoms with E-state index in [0.29, 0.717) is 0 Å². The Labute approximate surface area is 85.4 Å².